The highest BCUT2D eigenvalue weighted by Gasteiger charge is 2.11. The topological polar surface area (TPSA) is 163 Å². The molecule has 0 aromatic carbocycles. The van der Waals surface area contributed by atoms with E-state index in [2.05, 4.69) is 23.2 Å². The van der Waals surface area contributed by atoms with E-state index in [0.717, 1.165) is 0 Å². The molecule has 0 aliphatic carbocycles. The molecule has 0 saturated heterocycles. The number of aliphatic carboxylic acids is 2. The summed E-state index contributed by atoms with van der Waals surface area (Å²) in [5, 5.41) is 35.1. The number of ether oxygens (including phenoxy) is 2. The van der Waals surface area contributed by atoms with E-state index in [0.29, 0.717) is 0 Å². The maximum absolute atomic E-state index is 10.8. The van der Waals surface area contributed by atoms with E-state index in [1.165, 1.54) is 13.8 Å². The van der Waals surface area contributed by atoms with Gasteiger partial charge in [0.05, 0.1) is 26.4 Å². The minimum atomic E-state index is -0.935. The Morgan fingerprint density at radius 1 is 1.04 bits per heavy atom. The van der Waals surface area contributed by atoms with Gasteiger partial charge in [0.2, 0.25) is 0 Å². The number of rotatable bonds is 8. The summed E-state index contributed by atoms with van der Waals surface area (Å²) in [6.45, 7) is 10.7. The lowest BCUT2D eigenvalue weighted by atomic mass is 10.4. The molecule has 1 amide bonds. The number of aliphatic hydroxyl groups is 2. The van der Waals surface area contributed by atoms with Gasteiger partial charge in [-0.1, -0.05) is 13.2 Å². The fraction of sp³-hybridized carbons (Fsp3) is 0.533. The van der Waals surface area contributed by atoms with Crippen LogP contribution in [-0.2, 0) is 19.1 Å². The first-order valence-corrected chi connectivity index (χ1v) is 7.07. The summed E-state index contributed by atoms with van der Waals surface area (Å²) < 4.78 is 9.40. The number of hydrogen-bond acceptors (Lipinski definition) is 7. The van der Waals surface area contributed by atoms with E-state index < -0.39 is 24.3 Å². The van der Waals surface area contributed by atoms with Gasteiger partial charge in [0.15, 0.2) is 6.23 Å². The molecule has 5 N–H and O–H groups in total. The molecule has 25 heavy (non-hydrogen) atoms. The van der Waals surface area contributed by atoms with Gasteiger partial charge >= 0.3 is 18.0 Å². The summed E-state index contributed by atoms with van der Waals surface area (Å²) in [7, 11) is 0. The fourth-order valence-electron chi connectivity index (χ4n) is 0.639. The molecule has 10 heteroatoms. The van der Waals surface area contributed by atoms with Gasteiger partial charge in [-0.15, -0.1) is 0 Å². The predicted molar refractivity (Wildman–Crippen MR) is 89.0 cm³/mol. The van der Waals surface area contributed by atoms with Crippen LogP contribution in [0.5, 0.6) is 0 Å². The molecule has 0 heterocycles. The van der Waals surface area contributed by atoms with Crippen molar-refractivity contribution < 1.29 is 44.3 Å². The minimum absolute atomic E-state index is 0.0532. The first kappa shape index (κ1) is 27.4. The third-order valence-electron chi connectivity index (χ3n) is 1.86. The van der Waals surface area contributed by atoms with Crippen molar-refractivity contribution >= 4 is 18.0 Å². The van der Waals surface area contributed by atoms with Gasteiger partial charge in [-0.2, -0.15) is 0 Å². The molecule has 1 unspecified atom stereocenters. The lowest BCUT2D eigenvalue weighted by Crippen LogP contribution is -2.40. The van der Waals surface area contributed by atoms with Crippen LogP contribution in [-0.4, -0.2) is 71.1 Å². The number of carbonyl (C=O) groups is 3. The number of carboxylic acids is 2. The van der Waals surface area contributed by atoms with Crippen molar-refractivity contribution in [3.05, 3.63) is 24.3 Å². The number of hydrogen-bond donors (Lipinski definition) is 5. The van der Waals surface area contributed by atoms with Gasteiger partial charge in [-0.25, -0.2) is 14.4 Å². The van der Waals surface area contributed by atoms with Gasteiger partial charge in [0.1, 0.15) is 0 Å². The molecule has 0 fully saturated rings. The van der Waals surface area contributed by atoms with Crippen LogP contribution in [0.15, 0.2) is 24.3 Å². The van der Waals surface area contributed by atoms with Gasteiger partial charge < -0.3 is 29.9 Å². The summed E-state index contributed by atoms with van der Waals surface area (Å²) in [4.78, 5) is 30.0. The van der Waals surface area contributed by atoms with Crippen molar-refractivity contribution in [1.29, 1.82) is 0 Å². The third-order valence-corrected chi connectivity index (χ3v) is 1.86. The van der Waals surface area contributed by atoms with Crippen LogP contribution >= 0.6 is 0 Å². The van der Waals surface area contributed by atoms with E-state index in [9.17, 15) is 14.4 Å². The van der Waals surface area contributed by atoms with E-state index in [1.54, 1.807) is 6.92 Å². The highest BCUT2D eigenvalue weighted by molar-refractivity contribution is 5.85. The number of amides is 1. The minimum Gasteiger partial charge on any atom is -0.478 e. The van der Waals surface area contributed by atoms with Crippen LogP contribution in [0.3, 0.4) is 0 Å². The van der Waals surface area contributed by atoms with Gasteiger partial charge in [-0.05, 0) is 20.8 Å². The molecule has 0 aliphatic rings. The Hall–Kier alpha value is -2.43. The Bertz CT molecular complexity index is 387. The van der Waals surface area contributed by atoms with Crippen LogP contribution in [0.25, 0.3) is 0 Å². The standard InChI is InChI=1S/C7H15NO5.2C4H6O2/c1-2-12-7(11)8-6(5-10)13-4-3-9;2*1-3(2)4(5)6/h6,9-10H,2-5H2,1H3,(H,8,11);2*1H2,2H3,(H,5,6). The summed E-state index contributed by atoms with van der Waals surface area (Å²) in [6.07, 6.45) is -1.48. The molecule has 10 nitrogen and oxygen atoms in total. The Balaban J connectivity index is -0.000000336. The number of nitrogens with one attached hydrogen (secondary N) is 1. The van der Waals surface area contributed by atoms with Crippen molar-refractivity contribution in [2.75, 3.05) is 26.4 Å². The Kier molecular flexibility index (Phi) is 19.7. The summed E-state index contributed by atoms with van der Waals surface area (Å²) in [6, 6.07) is 0. The second-order valence-corrected chi connectivity index (χ2v) is 4.30. The molecule has 146 valence electrons. The summed E-state index contributed by atoms with van der Waals surface area (Å²) in [5.74, 6) is -1.87. The van der Waals surface area contributed by atoms with Crippen molar-refractivity contribution in [2.24, 2.45) is 0 Å². The van der Waals surface area contributed by atoms with Gasteiger partial charge in [0, 0.05) is 11.1 Å². The van der Waals surface area contributed by atoms with Gasteiger partial charge in [-0.3, -0.25) is 5.32 Å². The largest absolute Gasteiger partial charge is 0.478 e. The SMILES string of the molecule is C=C(C)C(=O)O.C=C(C)C(=O)O.CCOC(=O)NC(CO)OCCO. The summed E-state index contributed by atoms with van der Waals surface area (Å²) in [5.41, 5.74) is 0.352. The molecule has 0 aliphatic heterocycles. The first-order chi connectivity index (χ1) is 11.5. The fourth-order valence-corrected chi connectivity index (χ4v) is 0.639. The number of carbonyl (C=O) groups excluding carboxylic acids is 1. The van der Waals surface area contributed by atoms with Crippen molar-refractivity contribution in [2.45, 2.75) is 27.0 Å². The second-order valence-electron chi connectivity index (χ2n) is 4.30. The Morgan fingerprint density at radius 2 is 1.44 bits per heavy atom. The molecule has 1 atom stereocenters. The molecule has 0 saturated carbocycles. The highest BCUT2D eigenvalue weighted by atomic mass is 16.6. The van der Waals surface area contributed by atoms with Crippen LogP contribution in [0.2, 0.25) is 0 Å². The molecule has 0 aromatic rings. The zero-order valence-corrected chi connectivity index (χ0v) is 14.7. The zero-order chi connectivity index (χ0) is 20.4. The number of alkyl carbamates (subject to hydrolysis) is 1. The van der Waals surface area contributed by atoms with E-state index in [1.807, 2.05) is 0 Å². The molecule has 0 spiro atoms. The molecular weight excluding hydrogens is 338 g/mol. The van der Waals surface area contributed by atoms with Crippen LogP contribution in [0.1, 0.15) is 20.8 Å². The molecular formula is C15H27NO9. The predicted octanol–water partition coefficient (Wildman–Crippen LogP) is 0.354. The average molecular weight is 365 g/mol. The second kappa shape index (κ2) is 17.9. The lowest BCUT2D eigenvalue weighted by molar-refractivity contribution is -0.133. The molecule has 0 radical (unpaired) electrons. The molecule has 0 rings (SSSR count). The quantitative estimate of drug-likeness (QED) is 0.302. The van der Waals surface area contributed by atoms with Gasteiger partial charge in [0.25, 0.3) is 0 Å². The van der Waals surface area contributed by atoms with Crippen molar-refractivity contribution in [1.82, 2.24) is 5.32 Å². The number of carboxylic acid groups (broad SMARTS) is 2. The Labute approximate surface area is 146 Å². The molecule has 0 aromatic heterocycles. The monoisotopic (exact) mass is 365 g/mol. The molecule has 0 bridgehead atoms. The smallest absolute Gasteiger partial charge is 0.409 e. The van der Waals surface area contributed by atoms with Crippen LogP contribution in [0, 0.1) is 0 Å². The van der Waals surface area contributed by atoms with Crippen LogP contribution < -0.4 is 5.32 Å². The van der Waals surface area contributed by atoms with Crippen LogP contribution in [0.4, 0.5) is 4.79 Å². The average Bonchev–Trinajstić information content (AvgIpc) is 2.52. The van der Waals surface area contributed by atoms with E-state index in [-0.39, 0.29) is 37.6 Å². The number of aliphatic hydroxyl groups excluding tert-OH is 2. The summed E-state index contributed by atoms with van der Waals surface area (Å²) >= 11 is 0. The maximum atomic E-state index is 10.8. The van der Waals surface area contributed by atoms with Crippen molar-refractivity contribution in [3.63, 3.8) is 0 Å². The third kappa shape index (κ3) is 24.0. The van der Waals surface area contributed by atoms with E-state index in [4.69, 9.17) is 25.2 Å². The normalized spacial score (nSPS) is 9.96. The zero-order valence-electron chi connectivity index (χ0n) is 14.7. The first-order valence-electron chi connectivity index (χ1n) is 7.07. The van der Waals surface area contributed by atoms with Crippen molar-refractivity contribution in [3.8, 4) is 0 Å². The lowest BCUT2D eigenvalue weighted by Gasteiger charge is -2.15. The Morgan fingerprint density at radius 3 is 1.68 bits per heavy atom. The van der Waals surface area contributed by atoms with E-state index >= 15 is 0 Å². The maximum Gasteiger partial charge on any atom is 0.409 e. The highest BCUT2D eigenvalue weighted by Crippen LogP contribution is 1.87.